The normalized spacial score (nSPS) is 15.4. The molecule has 0 aromatic rings. The zero-order chi connectivity index (χ0) is 13.1. The first kappa shape index (κ1) is 21.0. The molecule has 96 valence electrons. The molecular weight excluding hydrogens is 222 g/mol. The van der Waals surface area contributed by atoms with E-state index in [1.165, 1.54) is 0 Å². The van der Waals surface area contributed by atoms with Gasteiger partial charge in [0.15, 0.2) is 0 Å². The molecule has 3 heteroatoms. The van der Waals surface area contributed by atoms with E-state index in [0.29, 0.717) is 0 Å². The van der Waals surface area contributed by atoms with Crippen LogP contribution in [0.4, 0.5) is 0 Å². The minimum atomic E-state index is -0.0102. The van der Waals surface area contributed by atoms with E-state index in [1.807, 2.05) is 20.9 Å². The third-order valence-electron chi connectivity index (χ3n) is 2.40. The van der Waals surface area contributed by atoms with Crippen molar-refractivity contribution in [2.45, 2.75) is 52.8 Å². The van der Waals surface area contributed by atoms with Gasteiger partial charge in [-0.2, -0.15) is 25.3 Å². The Bertz CT molecular complexity index is 114. The van der Waals surface area contributed by atoms with Gasteiger partial charge in [0, 0.05) is 0 Å². The highest BCUT2D eigenvalue weighted by Gasteiger charge is 2.20. The lowest BCUT2D eigenvalue weighted by Gasteiger charge is -2.28. The summed E-state index contributed by atoms with van der Waals surface area (Å²) in [4.78, 5) is -0.0102. The summed E-state index contributed by atoms with van der Waals surface area (Å²) in [7, 11) is 1.96. The fourth-order valence-electron chi connectivity index (χ4n) is 0.965. The summed E-state index contributed by atoms with van der Waals surface area (Å²) in [5.41, 5.74) is 0. The average molecular weight is 254 g/mol. The zero-order valence-electron chi connectivity index (χ0n) is 11.8. The maximum Gasteiger partial charge on any atom is 0.0587 e. The third kappa shape index (κ3) is 14.7. The maximum atomic E-state index is 4.51. The molecule has 0 aliphatic heterocycles. The lowest BCUT2D eigenvalue weighted by molar-refractivity contribution is 0.333. The average Bonchev–Trinajstić information content (AvgIpc) is 2.23. The first-order chi connectivity index (χ1) is 6.89. The number of nitrogens with one attached hydrogen (secondary N) is 1. The predicted molar refractivity (Wildman–Crippen MR) is 81.3 cm³/mol. The third-order valence-corrected chi connectivity index (χ3v) is 2.80. The van der Waals surface area contributed by atoms with Crippen molar-refractivity contribution in [2.24, 2.45) is 11.8 Å². The molecule has 0 saturated heterocycles. The molecule has 15 heavy (non-hydrogen) atoms. The van der Waals surface area contributed by atoms with Crippen LogP contribution in [0.2, 0.25) is 0 Å². The molecule has 0 saturated carbocycles. The molecule has 0 amide bonds. The Morgan fingerprint density at radius 2 is 1.47 bits per heavy atom. The quantitative estimate of drug-likeness (QED) is 0.506. The van der Waals surface area contributed by atoms with Gasteiger partial charge in [-0.15, -0.1) is 0 Å². The van der Waals surface area contributed by atoms with Crippen molar-refractivity contribution in [1.82, 2.24) is 5.32 Å². The minimum Gasteiger partial charge on any atom is -0.306 e. The van der Waals surface area contributed by atoms with Crippen molar-refractivity contribution in [3.63, 3.8) is 0 Å². The van der Waals surface area contributed by atoms with Crippen LogP contribution in [0, 0.1) is 11.8 Å². The largest absolute Gasteiger partial charge is 0.306 e. The van der Waals surface area contributed by atoms with Crippen LogP contribution < -0.4 is 5.32 Å². The molecule has 0 fully saturated rings. The topological polar surface area (TPSA) is 12.0 Å². The SMILES string of the molecule is CC.CNC(C)(S)CC(C)C(C)C.CS. The Kier molecular flexibility index (Phi) is 17.8. The predicted octanol–water partition coefficient (Wildman–Crippen LogP) is 4.11. The van der Waals surface area contributed by atoms with Crippen LogP contribution >= 0.6 is 25.3 Å². The van der Waals surface area contributed by atoms with Gasteiger partial charge in [-0.1, -0.05) is 34.6 Å². The second kappa shape index (κ2) is 12.7. The highest BCUT2D eigenvalue weighted by Crippen LogP contribution is 2.24. The molecule has 2 atom stereocenters. The van der Waals surface area contributed by atoms with Crippen LogP contribution in [-0.4, -0.2) is 18.2 Å². The van der Waals surface area contributed by atoms with E-state index in [4.69, 9.17) is 0 Å². The van der Waals surface area contributed by atoms with Gasteiger partial charge in [0.05, 0.1) is 4.87 Å². The molecule has 0 aromatic heterocycles. The van der Waals surface area contributed by atoms with Crippen molar-refractivity contribution in [1.29, 1.82) is 0 Å². The molecule has 0 aliphatic carbocycles. The van der Waals surface area contributed by atoms with Crippen molar-refractivity contribution >= 4 is 25.3 Å². The molecule has 0 aromatic carbocycles. The summed E-state index contributed by atoms with van der Waals surface area (Å²) in [5, 5.41) is 3.19. The van der Waals surface area contributed by atoms with Crippen molar-refractivity contribution in [2.75, 3.05) is 13.3 Å². The summed E-state index contributed by atoms with van der Waals surface area (Å²) in [6.45, 7) is 12.9. The van der Waals surface area contributed by atoms with Crippen molar-refractivity contribution in [3.05, 3.63) is 0 Å². The fourth-order valence-corrected chi connectivity index (χ4v) is 1.25. The lowest BCUT2D eigenvalue weighted by Crippen LogP contribution is -2.36. The molecule has 0 rings (SSSR count). The molecular formula is C12H31NS2. The number of hydrogen-bond acceptors (Lipinski definition) is 3. The molecule has 2 unspecified atom stereocenters. The molecule has 1 N–H and O–H groups in total. The smallest absolute Gasteiger partial charge is 0.0587 e. The van der Waals surface area contributed by atoms with Gasteiger partial charge in [0.2, 0.25) is 0 Å². The Morgan fingerprint density at radius 1 is 1.13 bits per heavy atom. The number of thiol groups is 2. The first-order valence-electron chi connectivity index (χ1n) is 5.75. The van der Waals surface area contributed by atoms with Crippen LogP contribution in [0.3, 0.4) is 0 Å². The second-order valence-electron chi connectivity index (χ2n) is 3.95. The van der Waals surface area contributed by atoms with Gasteiger partial charge < -0.3 is 5.32 Å². The van der Waals surface area contributed by atoms with E-state index in [1.54, 1.807) is 6.26 Å². The molecule has 0 spiro atoms. The minimum absolute atomic E-state index is 0.0102. The standard InChI is InChI=1S/C9H21NS.C2H6.CH4S/c1-7(2)8(3)6-9(4,11)10-5;2*1-2/h7-8,10-11H,6H2,1-5H3;1-2H3;2H,1H3. The van der Waals surface area contributed by atoms with Gasteiger partial charge in [0.25, 0.3) is 0 Å². The van der Waals surface area contributed by atoms with Gasteiger partial charge >= 0.3 is 0 Å². The van der Waals surface area contributed by atoms with E-state index in [9.17, 15) is 0 Å². The lowest BCUT2D eigenvalue weighted by atomic mass is 9.91. The van der Waals surface area contributed by atoms with Crippen molar-refractivity contribution in [3.8, 4) is 0 Å². The molecule has 0 bridgehead atoms. The van der Waals surface area contributed by atoms with Gasteiger partial charge in [-0.25, -0.2) is 0 Å². The monoisotopic (exact) mass is 253 g/mol. The molecule has 0 aliphatic rings. The molecule has 0 radical (unpaired) electrons. The van der Waals surface area contributed by atoms with Crippen LogP contribution in [0.5, 0.6) is 0 Å². The molecule has 0 heterocycles. The van der Waals surface area contributed by atoms with Gasteiger partial charge in [-0.3, -0.25) is 0 Å². The summed E-state index contributed by atoms with van der Waals surface area (Å²) in [6.07, 6.45) is 2.81. The van der Waals surface area contributed by atoms with Gasteiger partial charge in [0.1, 0.15) is 0 Å². The van der Waals surface area contributed by atoms with E-state index in [0.717, 1.165) is 18.3 Å². The Hall–Kier alpha value is 0.660. The summed E-state index contributed by atoms with van der Waals surface area (Å²) < 4.78 is 0. The maximum absolute atomic E-state index is 4.51. The Labute approximate surface area is 109 Å². The van der Waals surface area contributed by atoms with Crippen LogP contribution in [0.1, 0.15) is 48.0 Å². The van der Waals surface area contributed by atoms with Gasteiger partial charge in [-0.05, 0) is 38.5 Å². The molecule has 1 nitrogen and oxygen atoms in total. The summed E-state index contributed by atoms with van der Waals surface area (Å²) in [6, 6.07) is 0. The second-order valence-corrected chi connectivity index (χ2v) is 4.94. The number of rotatable bonds is 4. The van der Waals surface area contributed by atoms with E-state index in [2.05, 4.69) is 58.3 Å². The number of hydrogen-bond donors (Lipinski definition) is 3. The van der Waals surface area contributed by atoms with Crippen LogP contribution in [-0.2, 0) is 0 Å². The highest BCUT2D eigenvalue weighted by molar-refractivity contribution is 7.81. The Balaban J connectivity index is -0.000000318. The van der Waals surface area contributed by atoms with E-state index < -0.39 is 0 Å². The Morgan fingerprint density at radius 3 is 1.67 bits per heavy atom. The fraction of sp³-hybridized carbons (Fsp3) is 1.00. The first-order valence-corrected chi connectivity index (χ1v) is 7.09. The highest BCUT2D eigenvalue weighted by atomic mass is 32.1. The zero-order valence-corrected chi connectivity index (χ0v) is 13.5. The van der Waals surface area contributed by atoms with E-state index in [-0.39, 0.29) is 4.87 Å². The summed E-state index contributed by atoms with van der Waals surface area (Å²) >= 11 is 8.04. The van der Waals surface area contributed by atoms with Crippen molar-refractivity contribution < 1.29 is 0 Å². The van der Waals surface area contributed by atoms with Crippen LogP contribution in [0.15, 0.2) is 0 Å². The van der Waals surface area contributed by atoms with E-state index >= 15 is 0 Å². The summed E-state index contributed by atoms with van der Waals surface area (Å²) in [5.74, 6) is 1.47. The van der Waals surface area contributed by atoms with Crippen LogP contribution in [0.25, 0.3) is 0 Å².